The molecular formula is C18H16ClIN2O3. The summed E-state index contributed by atoms with van der Waals surface area (Å²) in [4.78, 5) is 23.9. The molecule has 2 aromatic rings. The lowest BCUT2D eigenvalue weighted by atomic mass is 9.92. The molecule has 0 spiro atoms. The minimum Gasteiger partial charge on any atom is -0.480 e. The predicted molar refractivity (Wildman–Crippen MR) is 105 cm³/mol. The smallest absolute Gasteiger partial charge is 0.326 e. The molecule has 0 saturated carbocycles. The summed E-state index contributed by atoms with van der Waals surface area (Å²) in [6, 6.07) is 11.8. The summed E-state index contributed by atoms with van der Waals surface area (Å²) < 4.78 is 0.897. The first-order valence-electron chi connectivity index (χ1n) is 7.75. The van der Waals surface area contributed by atoms with Gasteiger partial charge in [0.15, 0.2) is 0 Å². The summed E-state index contributed by atoms with van der Waals surface area (Å²) in [6.07, 6.45) is 0.475. The van der Waals surface area contributed by atoms with Crippen molar-refractivity contribution in [2.75, 3.05) is 5.32 Å². The normalized spacial score (nSPS) is 18.8. The highest BCUT2D eigenvalue weighted by atomic mass is 127. The first-order chi connectivity index (χ1) is 11.9. The van der Waals surface area contributed by atoms with Crippen molar-refractivity contribution in [3.8, 4) is 0 Å². The summed E-state index contributed by atoms with van der Waals surface area (Å²) >= 11 is 8.49. The van der Waals surface area contributed by atoms with Crippen molar-refractivity contribution in [3.63, 3.8) is 0 Å². The van der Waals surface area contributed by atoms with Gasteiger partial charge < -0.3 is 15.7 Å². The number of benzene rings is 2. The number of carboxylic acids is 1. The Morgan fingerprint density at radius 2 is 2.00 bits per heavy atom. The molecule has 130 valence electrons. The van der Waals surface area contributed by atoms with Crippen LogP contribution in [0.25, 0.3) is 0 Å². The van der Waals surface area contributed by atoms with Crippen LogP contribution < -0.4 is 10.6 Å². The number of carboxylic acid groups (broad SMARTS) is 1. The second-order valence-electron chi connectivity index (χ2n) is 5.90. The fourth-order valence-corrected chi connectivity index (χ4v) is 4.14. The fraction of sp³-hybridized carbons (Fsp3) is 0.222. The third-order valence-electron chi connectivity index (χ3n) is 4.08. The van der Waals surface area contributed by atoms with Crippen LogP contribution in [-0.4, -0.2) is 23.0 Å². The number of hydrogen-bond donors (Lipinski definition) is 3. The largest absolute Gasteiger partial charge is 0.480 e. The Hall–Kier alpha value is -1.80. The van der Waals surface area contributed by atoms with Gasteiger partial charge in [0, 0.05) is 26.3 Å². The Morgan fingerprint density at radius 1 is 1.28 bits per heavy atom. The summed E-state index contributed by atoms with van der Waals surface area (Å²) in [7, 11) is 0. The molecule has 2 aromatic carbocycles. The zero-order valence-electron chi connectivity index (χ0n) is 13.1. The van der Waals surface area contributed by atoms with Crippen molar-refractivity contribution in [3.05, 3.63) is 62.2 Å². The topological polar surface area (TPSA) is 78.4 Å². The number of carbonyl (C=O) groups is 2. The van der Waals surface area contributed by atoms with Crippen LogP contribution in [0, 0.1) is 3.57 Å². The number of hydrogen-bond acceptors (Lipinski definition) is 3. The van der Waals surface area contributed by atoms with Crippen molar-refractivity contribution >= 4 is 51.8 Å². The first-order valence-corrected chi connectivity index (χ1v) is 9.21. The molecule has 0 aromatic heterocycles. The van der Waals surface area contributed by atoms with E-state index >= 15 is 0 Å². The van der Waals surface area contributed by atoms with Gasteiger partial charge in [0.05, 0.1) is 12.5 Å². The Labute approximate surface area is 163 Å². The van der Waals surface area contributed by atoms with E-state index in [-0.39, 0.29) is 18.7 Å². The number of rotatable bonds is 4. The highest BCUT2D eigenvalue weighted by Crippen LogP contribution is 2.39. The average molecular weight is 471 g/mol. The minimum atomic E-state index is -0.956. The quantitative estimate of drug-likeness (QED) is 0.597. The Bertz CT molecular complexity index is 813. The van der Waals surface area contributed by atoms with Crippen LogP contribution in [0.5, 0.6) is 0 Å². The van der Waals surface area contributed by atoms with E-state index in [9.17, 15) is 14.7 Å². The lowest BCUT2D eigenvalue weighted by Gasteiger charge is -2.32. The first kappa shape index (κ1) is 18.0. The summed E-state index contributed by atoms with van der Waals surface area (Å²) in [5, 5.41) is 15.8. The highest BCUT2D eigenvalue weighted by molar-refractivity contribution is 14.1. The molecule has 5 nitrogen and oxygen atoms in total. The van der Waals surface area contributed by atoms with Crippen LogP contribution in [-0.2, 0) is 16.0 Å². The van der Waals surface area contributed by atoms with Gasteiger partial charge in [-0.05, 0) is 40.3 Å². The molecular weight excluding hydrogens is 455 g/mol. The molecule has 2 atom stereocenters. The van der Waals surface area contributed by atoms with E-state index in [2.05, 4.69) is 33.2 Å². The monoisotopic (exact) mass is 470 g/mol. The Kier molecular flexibility index (Phi) is 5.48. The molecule has 0 fully saturated rings. The zero-order valence-corrected chi connectivity index (χ0v) is 16.0. The SMILES string of the molecule is O=C(Cc1ccccc1)N[C@H]1C[C@H](C(=O)O)Nc2cc(I)cc(Cl)c21. The van der Waals surface area contributed by atoms with Crippen LogP contribution in [0.4, 0.5) is 5.69 Å². The Morgan fingerprint density at radius 3 is 2.68 bits per heavy atom. The standard InChI is InChI=1S/C18H16ClIN2O3/c19-12-7-11(20)8-13-17(12)14(9-15(21-13)18(24)25)22-16(23)6-10-4-2-1-3-5-10/h1-5,7-8,14-15,21H,6,9H2,(H,22,23)(H,24,25)/t14-,15+/m0/s1. The van der Waals surface area contributed by atoms with E-state index in [1.54, 1.807) is 6.07 Å². The molecule has 0 radical (unpaired) electrons. The predicted octanol–water partition coefficient (Wildman–Crippen LogP) is 3.61. The van der Waals surface area contributed by atoms with Crippen LogP contribution >= 0.6 is 34.2 Å². The van der Waals surface area contributed by atoms with Gasteiger partial charge >= 0.3 is 5.97 Å². The molecule has 7 heteroatoms. The Balaban J connectivity index is 1.85. The van der Waals surface area contributed by atoms with Crippen molar-refractivity contribution in [1.82, 2.24) is 5.32 Å². The average Bonchev–Trinajstić information content (AvgIpc) is 2.54. The molecule has 0 saturated heterocycles. The molecule has 3 N–H and O–H groups in total. The van der Waals surface area contributed by atoms with Crippen molar-refractivity contribution in [2.45, 2.75) is 24.9 Å². The molecule has 0 unspecified atom stereocenters. The molecule has 1 heterocycles. The number of halogens is 2. The van der Waals surface area contributed by atoms with Crippen LogP contribution in [0.1, 0.15) is 23.6 Å². The molecule has 0 aliphatic carbocycles. The van der Waals surface area contributed by atoms with Gasteiger partial charge in [-0.25, -0.2) is 4.79 Å². The lowest BCUT2D eigenvalue weighted by molar-refractivity contribution is -0.138. The molecule has 0 bridgehead atoms. The highest BCUT2D eigenvalue weighted by Gasteiger charge is 2.33. The van der Waals surface area contributed by atoms with E-state index in [1.165, 1.54) is 0 Å². The van der Waals surface area contributed by atoms with E-state index in [1.807, 2.05) is 36.4 Å². The summed E-state index contributed by atoms with van der Waals surface area (Å²) in [6.45, 7) is 0. The van der Waals surface area contributed by atoms with Crippen molar-refractivity contribution in [1.29, 1.82) is 0 Å². The molecule has 3 rings (SSSR count). The van der Waals surface area contributed by atoms with Crippen molar-refractivity contribution < 1.29 is 14.7 Å². The van der Waals surface area contributed by atoms with Gasteiger partial charge in [0.25, 0.3) is 0 Å². The fourth-order valence-electron chi connectivity index (χ4n) is 2.98. The number of carbonyl (C=O) groups excluding carboxylic acids is 1. The van der Waals surface area contributed by atoms with Crippen LogP contribution in [0.3, 0.4) is 0 Å². The number of anilines is 1. The second kappa shape index (κ2) is 7.61. The second-order valence-corrected chi connectivity index (χ2v) is 7.56. The molecule has 1 amide bonds. The molecule has 1 aliphatic heterocycles. The van der Waals surface area contributed by atoms with Crippen LogP contribution in [0.2, 0.25) is 5.02 Å². The number of fused-ring (bicyclic) bond motifs is 1. The van der Waals surface area contributed by atoms with Gasteiger partial charge in [-0.2, -0.15) is 0 Å². The van der Waals surface area contributed by atoms with Crippen LogP contribution in [0.15, 0.2) is 42.5 Å². The van der Waals surface area contributed by atoms with E-state index in [4.69, 9.17) is 11.6 Å². The van der Waals surface area contributed by atoms with E-state index in [0.717, 1.165) is 14.7 Å². The maximum Gasteiger partial charge on any atom is 0.326 e. The zero-order chi connectivity index (χ0) is 18.0. The third kappa shape index (κ3) is 4.24. The molecule has 1 aliphatic rings. The van der Waals surface area contributed by atoms with Gasteiger partial charge in [0.1, 0.15) is 6.04 Å². The van der Waals surface area contributed by atoms with Crippen molar-refractivity contribution in [2.24, 2.45) is 0 Å². The minimum absolute atomic E-state index is 0.164. The van der Waals surface area contributed by atoms with Gasteiger partial charge in [-0.3, -0.25) is 4.79 Å². The maximum atomic E-state index is 12.4. The summed E-state index contributed by atoms with van der Waals surface area (Å²) in [5.74, 6) is -1.12. The third-order valence-corrected chi connectivity index (χ3v) is 5.02. The van der Waals surface area contributed by atoms with E-state index < -0.39 is 18.1 Å². The number of nitrogens with one attached hydrogen (secondary N) is 2. The van der Waals surface area contributed by atoms with E-state index in [0.29, 0.717) is 10.7 Å². The lowest BCUT2D eigenvalue weighted by Crippen LogP contribution is -2.41. The maximum absolute atomic E-state index is 12.4. The summed E-state index contributed by atoms with van der Waals surface area (Å²) in [5.41, 5.74) is 2.29. The van der Waals surface area contributed by atoms with Gasteiger partial charge in [0.2, 0.25) is 5.91 Å². The number of aliphatic carboxylic acids is 1. The van der Waals surface area contributed by atoms with Gasteiger partial charge in [-0.1, -0.05) is 41.9 Å². The number of amides is 1. The molecule has 25 heavy (non-hydrogen) atoms. The van der Waals surface area contributed by atoms with Gasteiger partial charge in [-0.15, -0.1) is 0 Å².